The number of nitrogens with zero attached hydrogens (tertiary/aromatic N) is 2. The number of aromatic nitrogens is 3. The van der Waals surface area contributed by atoms with Crippen LogP contribution in [-0.2, 0) is 6.54 Å². The van der Waals surface area contributed by atoms with Gasteiger partial charge in [-0.25, -0.2) is 4.98 Å². The molecule has 0 aliphatic rings. The molecular weight excluding hydrogens is 348 g/mol. The fraction of sp³-hybridized carbons (Fsp3) is 0.217. The van der Waals surface area contributed by atoms with Crippen molar-refractivity contribution >= 4 is 11.3 Å². The highest BCUT2D eigenvalue weighted by atomic mass is 16.1. The van der Waals surface area contributed by atoms with E-state index in [-0.39, 0.29) is 5.43 Å². The van der Waals surface area contributed by atoms with E-state index in [9.17, 15) is 4.79 Å². The summed E-state index contributed by atoms with van der Waals surface area (Å²) in [6.07, 6.45) is 3.71. The molecule has 4 aromatic rings. The zero-order valence-electron chi connectivity index (χ0n) is 16.6. The average molecular weight is 372 g/mol. The van der Waals surface area contributed by atoms with Gasteiger partial charge in [-0.1, -0.05) is 18.2 Å². The summed E-state index contributed by atoms with van der Waals surface area (Å²) in [6, 6.07) is 11.5. The first-order valence-electron chi connectivity index (χ1n) is 9.41. The molecule has 0 radical (unpaired) electrons. The third kappa shape index (κ3) is 3.20. The minimum atomic E-state index is -0.0163. The van der Waals surface area contributed by atoms with Gasteiger partial charge in [-0.2, -0.15) is 0 Å². The van der Waals surface area contributed by atoms with Gasteiger partial charge in [-0.15, -0.1) is 0 Å². The zero-order valence-corrected chi connectivity index (χ0v) is 16.6. The van der Waals surface area contributed by atoms with Gasteiger partial charge >= 0.3 is 0 Å². The van der Waals surface area contributed by atoms with E-state index < -0.39 is 0 Å². The highest BCUT2D eigenvalue weighted by molar-refractivity contribution is 5.76. The first kappa shape index (κ1) is 18.0. The van der Waals surface area contributed by atoms with Crippen LogP contribution in [0.25, 0.3) is 16.9 Å². The van der Waals surface area contributed by atoms with Crippen LogP contribution >= 0.6 is 0 Å². The largest absolute Gasteiger partial charge is 0.378 e. The van der Waals surface area contributed by atoms with Gasteiger partial charge in [-0.3, -0.25) is 4.79 Å². The van der Waals surface area contributed by atoms with E-state index in [1.165, 1.54) is 22.8 Å². The molecule has 28 heavy (non-hydrogen) atoms. The normalized spacial score (nSPS) is 11.1. The van der Waals surface area contributed by atoms with Crippen LogP contribution in [0, 0.1) is 27.7 Å². The van der Waals surface area contributed by atoms with Crippen molar-refractivity contribution in [1.82, 2.24) is 14.4 Å². The highest BCUT2D eigenvalue weighted by Gasteiger charge is 2.13. The molecule has 5 heteroatoms. The lowest BCUT2D eigenvalue weighted by atomic mass is 10.0. The van der Waals surface area contributed by atoms with Crippen molar-refractivity contribution in [2.75, 3.05) is 5.32 Å². The van der Waals surface area contributed by atoms with E-state index in [1.54, 1.807) is 12.3 Å². The Morgan fingerprint density at radius 1 is 1.07 bits per heavy atom. The number of H-pyrrole nitrogens is 1. The number of aryl methyl sites for hydroxylation is 4. The maximum Gasteiger partial charge on any atom is 0.182 e. The number of imidazole rings is 1. The van der Waals surface area contributed by atoms with Crippen molar-refractivity contribution in [3.63, 3.8) is 0 Å². The molecule has 3 aromatic heterocycles. The summed E-state index contributed by atoms with van der Waals surface area (Å²) in [7, 11) is 0. The van der Waals surface area contributed by atoms with E-state index in [0.717, 1.165) is 34.0 Å². The quantitative estimate of drug-likeness (QED) is 0.553. The summed E-state index contributed by atoms with van der Waals surface area (Å²) in [4.78, 5) is 19.7. The maximum atomic E-state index is 11.8. The molecule has 0 fully saturated rings. The summed E-state index contributed by atoms with van der Waals surface area (Å²) >= 11 is 0. The fourth-order valence-electron chi connectivity index (χ4n) is 3.57. The highest BCUT2D eigenvalue weighted by Crippen LogP contribution is 2.27. The number of hydrogen-bond acceptors (Lipinski definition) is 3. The molecule has 0 spiro atoms. The van der Waals surface area contributed by atoms with Gasteiger partial charge in [-0.05, 0) is 50.5 Å². The molecule has 0 atom stereocenters. The third-order valence-corrected chi connectivity index (χ3v) is 5.38. The van der Waals surface area contributed by atoms with Gasteiger partial charge in [0.25, 0.3) is 0 Å². The Labute approximate surface area is 164 Å². The number of fused-ring (bicyclic) bond motifs is 1. The minimum Gasteiger partial charge on any atom is -0.378 e. The lowest BCUT2D eigenvalue weighted by Crippen LogP contribution is -2.06. The van der Waals surface area contributed by atoms with Crippen molar-refractivity contribution < 1.29 is 0 Å². The molecule has 0 bridgehead atoms. The van der Waals surface area contributed by atoms with E-state index in [1.807, 2.05) is 13.1 Å². The SMILES string of the molecule is Cc1cccc(C)c1CNc1cc(-c2cc(=O)cc[nH]2)cn2c(C)c(C)nc12. The number of nitrogens with one attached hydrogen (secondary N) is 2. The minimum absolute atomic E-state index is 0.0163. The second kappa shape index (κ2) is 7.00. The molecule has 142 valence electrons. The summed E-state index contributed by atoms with van der Waals surface area (Å²) in [6.45, 7) is 9.06. The predicted octanol–water partition coefficient (Wildman–Crippen LogP) is 4.54. The van der Waals surface area contributed by atoms with Crippen LogP contribution in [0.4, 0.5) is 5.69 Å². The Balaban J connectivity index is 1.82. The second-order valence-electron chi connectivity index (χ2n) is 7.28. The van der Waals surface area contributed by atoms with Crippen molar-refractivity contribution in [1.29, 1.82) is 0 Å². The molecule has 2 N–H and O–H groups in total. The molecule has 0 saturated heterocycles. The first-order chi connectivity index (χ1) is 13.4. The van der Waals surface area contributed by atoms with Gasteiger partial charge in [0.2, 0.25) is 0 Å². The lowest BCUT2D eigenvalue weighted by molar-refractivity contribution is 1.06. The van der Waals surface area contributed by atoms with Gasteiger partial charge in [0.15, 0.2) is 11.1 Å². The molecule has 0 aliphatic carbocycles. The molecular formula is C23H24N4O. The summed E-state index contributed by atoms with van der Waals surface area (Å²) in [5.74, 6) is 0. The maximum absolute atomic E-state index is 11.8. The van der Waals surface area contributed by atoms with Gasteiger partial charge in [0, 0.05) is 42.3 Å². The van der Waals surface area contributed by atoms with E-state index in [0.29, 0.717) is 6.54 Å². The van der Waals surface area contributed by atoms with E-state index >= 15 is 0 Å². The number of pyridine rings is 2. The summed E-state index contributed by atoms with van der Waals surface area (Å²) in [5, 5.41) is 3.58. The number of hydrogen-bond donors (Lipinski definition) is 2. The van der Waals surface area contributed by atoms with Gasteiger partial charge in [0.1, 0.15) is 0 Å². The van der Waals surface area contributed by atoms with Crippen molar-refractivity contribution in [3.05, 3.63) is 87.1 Å². The molecule has 0 aliphatic heterocycles. The average Bonchev–Trinajstić information content (AvgIpc) is 2.96. The fourth-order valence-corrected chi connectivity index (χ4v) is 3.57. The van der Waals surface area contributed by atoms with Crippen molar-refractivity contribution in [3.8, 4) is 11.3 Å². The van der Waals surface area contributed by atoms with Crippen LogP contribution in [0.2, 0.25) is 0 Å². The smallest absolute Gasteiger partial charge is 0.182 e. The van der Waals surface area contributed by atoms with Crippen molar-refractivity contribution in [2.24, 2.45) is 0 Å². The van der Waals surface area contributed by atoms with Crippen LogP contribution in [0.15, 0.2) is 53.6 Å². The Bertz CT molecular complexity index is 1210. The Morgan fingerprint density at radius 2 is 1.82 bits per heavy atom. The third-order valence-electron chi connectivity index (χ3n) is 5.38. The number of rotatable bonds is 4. The molecule has 0 amide bonds. The first-order valence-corrected chi connectivity index (χ1v) is 9.41. The predicted molar refractivity (Wildman–Crippen MR) is 114 cm³/mol. The molecule has 4 rings (SSSR count). The number of benzene rings is 1. The Morgan fingerprint density at radius 3 is 2.54 bits per heavy atom. The lowest BCUT2D eigenvalue weighted by Gasteiger charge is -2.14. The summed E-state index contributed by atoms with van der Waals surface area (Å²) in [5.41, 5.74) is 9.45. The monoisotopic (exact) mass is 372 g/mol. The molecule has 1 aromatic carbocycles. The number of anilines is 1. The van der Waals surface area contributed by atoms with Crippen LogP contribution in [0.1, 0.15) is 28.1 Å². The summed E-state index contributed by atoms with van der Waals surface area (Å²) < 4.78 is 2.09. The van der Waals surface area contributed by atoms with Crippen molar-refractivity contribution in [2.45, 2.75) is 34.2 Å². The van der Waals surface area contributed by atoms with Crippen LogP contribution < -0.4 is 10.7 Å². The van der Waals surface area contributed by atoms with E-state index in [4.69, 9.17) is 4.98 Å². The molecule has 3 heterocycles. The van der Waals surface area contributed by atoms with Crippen LogP contribution in [-0.4, -0.2) is 14.4 Å². The van der Waals surface area contributed by atoms with Gasteiger partial charge in [0.05, 0.1) is 17.1 Å². The standard InChI is InChI=1S/C23H24N4O/c1-14-6-5-7-15(2)20(14)12-25-22-10-18(21-11-19(28)8-9-24-21)13-27-17(4)16(3)26-23(22)27/h5-11,13,25H,12H2,1-4H3,(H,24,28). The van der Waals surface area contributed by atoms with Gasteiger partial charge < -0.3 is 14.7 Å². The molecule has 0 saturated carbocycles. The van der Waals surface area contributed by atoms with Crippen LogP contribution in [0.3, 0.4) is 0 Å². The zero-order chi connectivity index (χ0) is 19.8. The number of aromatic amines is 1. The Hall–Kier alpha value is -3.34. The molecule has 0 unspecified atom stereocenters. The topological polar surface area (TPSA) is 62.2 Å². The van der Waals surface area contributed by atoms with E-state index in [2.05, 4.69) is 59.7 Å². The second-order valence-corrected chi connectivity index (χ2v) is 7.28. The Kier molecular flexibility index (Phi) is 4.51. The molecule has 5 nitrogen and oxygen atoms in total. The van der Waals surface area contributed by atoms with Crippen LogP contribution in [0.5, 0.6) is 0 Å².